The second-order valence-corrected chi connectivity index (χ2v) is 10.0. The van der Waals surface area contributed by atoms with Crippen molar-refractivity contribution in [3.63, 3.8) is 0 Å². The Morgan fingerprint density at radius 2 is 1.72 bits per heavy atom. The second-order valence-electron chi connectivity index (χ2n) is 8.35. The van der Waals surface area contributed by atoms with Crippen LogP contribution in [-0.4, -0.2) is 21.2 Å². The highest BCUT2D eigenvalue weighted by Crippen LogP contribution is 2.38. The number of thioether (sulfide) groups is 1. The molecule has 0 radical (unpaired) electrons. The Balaban J connectivity index is 1.34. The molecule has 3 nitrogen and oxygen atoms in total. The SMILES string of the molecule is O=C1/C(=C\c2ccccc2OCc2ccc3ccccc3c2)SC(=S)N1C1CCCCC1. The molecule has 3 aromatic rings. The lowest BCUT2D eigenvalue weighted by atomic mass is 9.94. The summed E-state index contributed by atoms with van der Waals surface area (Å²) in [5, 5.41) is 2.42. The van der Waals surface area contributed by atoms with E-state index < -0.39 is 0 Å². The Bertz CT molecular complexity index is 1200. The minimum atomic E-state index is 0.0382. The van der Waals surface area contributed by atoms with Gasteiger partial charge < -0.3 is 4.74 Å². The Hall–Kier alpha value is -2.63. The number of hydrogen-bond acceptors (Lipinski definition) is 4. The van der Waals surface area contributed by atoms with Gasteiger partial charge in [0.25, 0.3) is 5.91 Å². The molecule has 5 heteroatoms. The lowest BCUT2D eigenvalue weighted by Gasteiger charge is -2.29. The third kappa shape index (κ3) is 4.45. The molecule has 3 aromatic carbocycles. The predicted molar refractivity (Wildman–Crippen MR) is 137 cm³/mol. The number of thiocarbonyl (C=S) groups is 1. The molecule has 1 saturated carbocycles. The first-order valence-electron chi connectivity index (χ1n) is 11.2. The van der Waals surface area contributed by atoms with Crippen LogP contribution in [0.3, 0.4) is 0 Å². The van der Waals surface area contributed by atoms with Gasteiger partial charge in [0, 0.05) is 11.6 Å². The van der Waals surface area contributed by atoms with Crippen LogP contribution in [0, 0.1) is 0 Å². The van der Waals surface area contributed by atoms with E-state index in [1.54, 1.807) is 0 Å². The Labute approximate surface area is 198 Å². The molecular formula is C27H25NO2S2. The number of carbonyl (C=O) groups is 1. The van der Waals surface area contributed by atoms with E-state index in [1.165, 1.54) is 41.8 Å². The molecule has 1 aliphatic carbocycles. The third-order valence-electron chi connectivity index (χ3n) is 6.18. The Morgan fingerprint density at radius 1 is 0.969 bits per heavy atom. The quantitative estimate of drug-likeness (QED) is 0.305. The minimum Gasteiger partial charge on any atom is -0.488 e. The van der Waals surface area contributed by atoms with Crippen LogP contribution in [0.15, 0.2) is 71.6 Å². The molecule has 162 valence electrons. The highest BCUT2D eigenvalue weighted by Gasteiger charge is 2.37. The van der Waals surface area contributed by atoms with Crippen LogP contribution in [0.4, 0.5) is 0 Å². The van der Waals surface area contributed by atoms with Crippen LogP contribution in [0.2, 0.25) is 0 Å². The summed E-state index contributed by atoms with van der Waals surface area (Å²) in [5.74, 6) is 0.805. The van der Waals surface area contributed by atoms with Crippen LogP contribution in [0.25, 0.3) is 16.8 Å². The molecule has 1 amide bonds. The number of rotatable bonds is 5. The van der Waals surface area contributed by atoms with Crippen molar-refractivity contribution in [3.05, 3.63) is 82.8 Å². The summed E-state index contributed by atoms with van der Waals surface area (Å²) in [6.07, 6.45) is 7.62. The lowest BCUT2D eigenvalue weighted by molar-refractivity contribution is -0.124. The molecular weight excluding hydrogens is 434 g/mol. The summed E-state index contributed by atoms with van der Waals surface area (Å²) < 4.78 is 6.86. The summed E-state index contributed by atoms with van der Waals surface area (Å²) in [6, 6.07) is 22.8. The van der Waals surface area contributed by atoms with Crippen molar-refractivity contribution >= 4 is 51.1 Å². The van der Waals surface area contributed by atoms with Crippen LogP contribution >= 0.6 is 24.0 Å². The first-order valence-corrected chi connectivity index (χ1v) is 12.4. The average Bonchev–Trinajstić information content (AvgIpc) is 3.11. The summed E-state index contributed by atoms with van der Waals surface area (Å²) in [7, 11) is 0. The van der Waals surface area contributed by atoms with Crippen molar-refractivity contribution < 1.29 is 9.53 Å². The molecule has 0 unspecified atom stereocenters. The van der Waals surface area contributed by atoms with E-state index in [9.17, 15) is 4.79 Å². The van der Waals surface area contributed by atoms with Gasteiger partial charge in [0.1, 0.15) is 16.7 Å². The number of para-hydroxylation sites is 1. The fraction of sp³-hybridized carbons (Fsp3) is 0.259. The largest absolute Gasteiger partial charge is 0.488 e. The lowest BCUT2D eigenvalue weighted by Crippen LogP contribution is -2.39. The molecule has 0 atom stereocenters. The third-order valence-corrected chi connectivity index (χ3v) is 7.51. The van der Waals surface area contributed by atoms with E-state index in [2.05, 4.69) is 30.3 Å². The van der Waals surface area contributed by atoms with Crippen molar-refractivity contribution in [3.8, 4) is 5.75 Å². The maximum Gasteiger partial charge on any atom is 0.266 e. The molecule has 1 saturated heterocycles. The molecule has 0 bridgehead atoms. The number of benzene rings is 3. The average molecular weight is 460 g/mol. The van der Waals surface area contributed by atoms with E-state index in [0.717, 1.165) is 29.7 Å². The zero-order chi connectivity index (χ0) is 21.9. The van der Waals surface area contributed by atoms with Crippen molar-refractivity contribution in [1.29, 1.82) is 0 Å². The first kappa shape index (κ1) is 21.2. The summed E-state index contributed by atoms with van der Waals surface area (Å²) in [4.78, 5) is 15.7. The van der Waals surface area contributed by atoms with Crippen LogP contribution in [-0.2, 0) is 11.4 Å². The van der Waals surface area contributed by atoms with Crippen molar-refractivity contribution in [2.75, 3.05) is 0 Å². The monoisotopic (exact) mass is 459 g/mol. The predicted octanol–water partition coefficient (Wildman–Crippen LogP) is 6.95. The summed E-state index contributed by atoms with van der Waals surface area (Å²) >= 11 is 6.98. The van der Waals surface area contributed by atoms with Gasteiger partial charge in [-0.2, -0.15) is 0 Å². The van der Waals surface area contributed by atoms with Gasteiger partial charge in [0.2, 0.25) is 0 Å². The molecule has 1 aliphatic heterocycles. The molecule has 32 heavy (non-hydrogen) atoms. The van der Waals surface area contributed by atoms with Gasteiger partial charge in [-0.05, 0) is 47.4 Å². The molecule has 0 aromatic heterocycles. The molecule has 2 fully saturated rings. The maximum atomic E-state index is 13.1. The molecule has 1 heterocycles. The summed E-state index contributed by atoms with van der Waals surface area (Å²) in [6.45, 7) is 0.471. The van der Waals surface area contributed by atoms with Gasteiger partial charge in [0.05, 0.1) is 4.91 Å². The van der Waals surface area contributed by atoms with Crippen LogP contribution in [0.1, 0.15) is 43.2 Å². The zero-order valence-electron chi connectivity index (χ0n) is 17.8. The fourth-order valence-corrected chi connectivity index (χ4v) is 5.89. The standard InChI is InChI=1S/C27H25NO2S2/c29-26-25(32-27(31)28(26)23-11-2-1-3-12-23)17-22-10-6-7-13-24(22)30-18-19-14-15-20-8-4-5-9-21(20)16-19/h4-10,13-17,23H,1-3,11-12,18H2/b25-17+. The van der Waals surface area contributed by atoms with E-state index in [0.29, 0.717) is 15.8 Å². The Kier molecular flexibility index (Phi) is 6.28. The van der Waals surface area contributed by atoms with E-state index in [1.807, 2.05) is 47.4 Å². The van der Waals surface area contributed by atoms with Gasteiger partial charge in [-0.3, -0.25) is 9.69 Å². The normalized spacial score (nSPS) is 18.6. The van der Waals surface area contributed by atoms with Gasteiger partial charge in [-0.25, -0.2) is 0 Å². The fourth-order valence-electron chi connectivity index (χ4n) is 4.50. The maximum absolute atomic E-state index is 13.1. The Morgan fingerprint density at radius 3 is 2.56 bits per heavy atom. The van der Waals surface area contributed by atoms with E-state index >= 15 is 0 Å². The number of fused-ring (bicyclic) bond motifs is 1. The van der Waals surface area contributed by atoms with E-state index in [-0.39, 0.29) is 11.9 Å². The molecule has 2 aliphatic rings. The number of nitrogens with zero attached hydrogens (tertiary/aromatic N) is 1. The van der Waals surface area contributed by atoms with Gasteiger partial charge >= 0.3 is 0 Å². The first-order chi connectivity index (χ1) is 15.7. The van der Waals surface area contributed by atoms with Crippen molar-refractivity contribution in [2.24, 2.45) is 0 Å². The smallest absolute Gasteiger partial charge is 0.266 e. The molecule has 0 N–H and O–H groups in total. The molecule has 5 rings (SSSR count). The van der Waals surface area contributed by atoms with E-state index in [4.69, 9.17) is 17.0 Å². The number of amides is 1. The van der Waals surface area contributed by atoms with Gasteiger partial charge in [0.15, 0.2) is 0 Å². The van der Waals surface area contributed by atoms with Gasteiger partial charge in [-0.15, -0.1) is 0 Å². The van der Waals surface area contributed by atoms with Crippen molar-refractivity contribution in [1.82, 2.24) is 4.90 Å². The number of carbonyl (C=O) groups excluding carboxylic acids is 1. The second kappa shape index (κ2) is 9.47. The van der Waals surface area contributed by atoms with Crippen molar-refractivity contribution in [2.45, 2.75) is 44.8 Å². The summed E-state index contributed by atoms with van der Waals surface area (Å²) in [5.41, 5.74) is 2.01. The molecule has 0 spiro atoms. The van der Waals surface area contributed by atoms with Crippen LogP contribution < -0.4 is 4.74 Å². The number of hydrogen-bond donors (Lipinski definition) is 0. The van der Waals surface area contributed by atoms with Gasteiger partial charge in [-0.1, -0.05) is 97.8 Å². The zero-order valence-corrected chi connectivity index (χ0v) is 19.5. The highest BCUT2D eigenvalue weighted by molar-refractivity contribution is 8.26. The van der Waals surface area contributed by atoms with Crippen LogP contribution in [0.5, 0.6) is 5.75 Å². The minimum absolute atomic E-state index is 0.0382. The highest BCUT2D eigenvalue weighted by atomic mass is 32.2. The number of ether oxygens (including phenoxy) is 1. The topological polar surface area (TPSA) is 29.5 Å².